The van der Waals surface area contributed by atoms with Gasteiger partial charge >= 0.3 is 5.97 Å². The molecule has 3 aromatic carbocycles. The van der Waals surface area contributed by atoms with Crippen LogP contribution in [0.2, 0.25) is 0 Å². The average Bonchev–Trinajstić information content (AvgIpc) is 2.67. The van der Waals surface area contributed by atoms with E-state index in [-0.39, 0.29) is 18.2 Å². The van der Waals surface area contributed by atoms with Gasteiger partial charge in [-0.25, -0.2) is 0 Å². The topological polar surface area (TPSA) is 74.6 Å². The molecule has 0 amide bonds. The third kappa shape index (κ3) is 5.31. The molecule has 0 aliphatic rings. The SMILES string of the molecule is CC(CC(CP(=O)(O)Cc1ccccc1)c1ccc2ccccc2c1)C(=O)O. The monoisotopic (exact) mass is 396 g/mol. The van der Waals surface area contributed by atoms with E-state index in [0.29, 0.717) is 6.42 Å². The van der Waals surface area contributed by atoms with E-state index in [1.807, 2.05) is 72.8 Å². The largest absolute Gasteiger partial charge is 0.481 e. The maximum atomic E-state index is 13.0. The summed E-state index contributed by atoms with van der Waals surface area (Å²) in [5, 5.41) is 11.5. The predicted molar refractivity (Wildman–Crippen MR) is 113 cm³/mol. The molecule has 5 heteroatoms. The van der Waals surface area contributed by atoms with Crippen LogP contribution in [0.25, 0.3) is 10.8 Å². The predicted octanol–water partition coefficient (Wildman–Crippen LogP) is 5.50. The minimum Gasteiger partial charge on any atom is -0.481 e. The molecule has 0 aliphatic carbocycles. The standard InChI is InChI=1S/C23H25O4P/c1-17(23(24)25)13-22(16-28(26,27)15-18-7-3-2-4-8-18)21-12-11-19-9-5-6-10-20(19)14-21/h2-12,14,17,22H,13,15-16H2,1H3,(H,24,25)(H,26,27). The van der Waals surface area contributed by atoms with Gasteiger partial charge in [0.05, 0.1) is 5.92 Å². The van der Waals surface area contributed by atoms with Crippen LogP contribution >= 0.6 is 7.37 Å². The molecule has 4 nitrogen and oxygen atoms in total. The Bertz CT molecular complexity index is 1000. The summed E-state index contributed by atoms with van der Waals surface area (Å²) in [6.07, 6.45) is 0.490. The van der Waals surface area contributed by atoms with E-state index in [0.717, 1.165) is 21.9 Å². The Balaban J connectivity index is 1.89. The smallest absolute Gasteiger partial charge is 0.306 e. The molecule has 0 aliphatic heterocycles. The summed E-state index contributed by atoms with van der Waals surface area (Å²) in [6.45, 7) is 1.65. The van der Waals surface area contributed by atoms with Crippen molar-refractivity contribution in [3.05, 3.63) is 83.9 Å². The average molecular weight is 396 g/mol. The van der Waals surface area contributed by atoms with Gasteiger partial charge in [-0.2, -0.15) is 0 Å². The van der Waals surface area contributed by atoms with Crippen molar-refractivity contribution in [2.75, 3.05) is 6.16 Å². The summed E-state index contributed by atoms with van der Waals surface area (Å²) >= 11 is 0. The van der Waals surface area contributed by atoms with Crippen molar-refractivity contribution in [1.29, 1.82) is 0 Å². The fourth-order valence-corrected chi connectivity index (χ4v) is 5.54. The molecule has 3 atom stereocenters. The van der Waals surface area contributed by atoms with E-state index in [4.69, 9.17) is 0 Å². The number of fused-ring (bicyclic) bond motifs is 1. The zero-order valence-electron chi connectivity index (χ0n) is 15.9. The molecule has 28 heavy (non-hydrogen) atoms. The zero-order valence-corrected chi connectivity index (χ0v) is 16.8. The van der Waals surface area contributed by atoms with Crippen LogP contribution in [0.3, 0.4) is 0 Å². The summed E-state index contributed by atoms with van der Waals surface area (Å²) in [5.41, 5.74) is 1.73. The van der Waals surface area contributed by atoms with Gasteiger partial charge in [0.25, 0.3) is 0 Å². The van der Waals surface area contributed by atoms with E-state index in [9.17, 15) is 19.4 Å². The highest BCUT2D eigenvalue weighted by atomic mass is 31.2. The number of hydrogen-bond acceptors (Lipinski definition) is 2. The van der Waals surface area contributed by atoms with Crippen molar-refractivity contribution in [2.24, 2.45) is 5.92 Å². The molecule has 0 bridgehead atoms. The van der Waals surface area contributed by atoms with Crippen LogP contribution in [-0.4, -0.2) is 22.1 Å². The van der Waals surface area contributed by atoms with Crippen LogP contribution in [0, 0.1) is 5.92 Å². The molecule has 0 aromatic heterocycles. The lowest BCUT2D eigenvalue weighted by Gasteiger charge is -2.23. The van der Waals surface area contributed by atoms with Gasteiger partial charge in [0.1, 0.15) is 0 Å². The lowest BCUT2D eigenvalue weighted by atomic mass is 9.90. The van der Waals surface area contributed by atoms with E-state index < -0.39 is 19.3 Å². The Hall–Kier alpha value is -2.42. The highest BCUT2D eigenvalue weighted by Gasteiger charge is 2.28. The maximum Gasteiger partial charge on any atom is 0.306 e. The van der Waals surface area contributed by atoms with Crippen molar-refractivity contribution < 1.29 is 19.4 Å². The molecular weight excluding hydrogens is 371 g/mol. The fourth-order valence-electron chi connectivity index (χ4n) is 3.58. The van der Waals surface area contributed by atoms with E-state index in [1.165, 1.54) is 0 Å². The molecule has 0 fully saturated rings. The van der Waals surface area contributed by atoms with Crippen molar-refractivity contribution in [2.45, 2.75) is 25.4 Å². The van der Waals surface area contributed by atoms with Crippen molar-refractivity contribution in [3.8, 4) is 0 Å². The fraction of sp³-hybridized carbons (Fsp3) is 0.261. The van der Waals surface area contributed by atoms with Gasteiger partial charge in [0.15, 0.2) is 0 Å². The number of rotatable bonds is 8. The molecular formula is C23H25O4P. The second kappa shape index (κ2) is 8.72. The van der Waals surface area contributed by atoms with Crippen LogP contribution in [0.5, 0.6) is 0 Å². The second-order valence-electron chi connectivity index (χ2n) is 7.45. The molecule has 2 N–H and O–H groups in total. The summed E-state index contributed by atoms with van der Waals surface area (Å²) < 4.78 is 13.0. The molecule has 3 unspecified atom stereocenters. The van der Waals surface area contributed by atoms with Crippen LogP contribution in [0.4, 0.5) is 0 Å². The summed E-state index contributed by atoms with van der Waals surface area (Å²) in [5.74, 6) is -1.77. The number of carboxylic acids is 1. The van der Waals surface area contributed by atoms with Gasteiger partial charge in [-0.1, -0.05) is 79.7 Å². The molecule has 0 heterocycles. The van der Waals surface area contributed by atoms with Crippen molar-refractivity contribution in [1.82, 2.24) is 0 Å². The van der Waals surface area contributed by atoms with Crippen LogP contribution < -0.4 is 0 Å². The first-order chi connectivity index (χ1) is 13.3. The van der Waals surface area contributed by atoms with E-state index in [2.05, 4.69) is 0 Å². The third-order valence-corrected chi connectivity index (χ3v) is 6.95. The van der Waals surface area contributed by atoms with Gasteiger partial charge < -0.3 is 10.00 Å². The molecule has 0 saturated heterocycles. The number of aliphatic carboxylic acids is 1. The lowest BCUT2D eigenvalue weighted by Crippen LogP contribution is -2.16. The van der Waals surface area contributed by atoms with Gasteiger partial charge in [-0.15, -0.1) is 0 Å². The Morgan fingerprint density at radius 2 is 1.61 bits per heavy atom. The van der Waals surface area contributed by atoms with E-state index >= 15 is 0 Å². The third-order valence-electron chi connectivity index (χ3n) is 5.08. The van der Waals surface area contributed by atoms with Crippen LogP contribution in [-0.2, 0) is 15.5 Å². The van der Waals surface area contributed by atoms with Crippen molar-refractivity contribution >= 4 is 24.1 Å². The van der Waals surface area contributed by atoms with E-state index in [1.54, 1.807) is 6.92 Å². The Kier molecular flexibility index (Phi) is 6.33. The normalized spacial score (nSPS) is 15.6. The number of hydrogen-bond donors (Lipinski definition) is 2. The number of carboxylic acid groups (broad SMARTS) is 1. The van der Waals surface area contributed by atoms with Gasteiger partial charge in [0.2, 0.25) is 7.37 Å². The van der Waals surface area contributed by atoms with Crippen LogP contribution in [0.15, 0.2) is 72.8 Å². The molecule has 3 rings (SSSR count). The van der Waals surface area contributed by atoms with Gasteiger partial charge in [0, 0.05) is 12.3 Å². The Morgan fingerprint density at radius 3 is 2.29 bits per heavy atom. The summed E-state index contributed by atoms with van der Waals surface area (Å²) in [6, 6.07) is 23.1. The Morgan fingerprint density at radius 1 is 0.964 bits per heavy atom. The first-order valence-corrected chi connectivity index (χ1v) is 11.4. The first-order valence-electron chi connectivity index (χ1n) is 9.40. The zero-order chi connectivity index (χ0) is 20.1. The minimum absolute atomic E-state index is 0.0673. The highest BCUT2D eigenvalue weighted by Crippen LogP contribution is 2.49. The molecule has 0 spiro atoms. The lowest BCUT2D eigenvalue weighted by molar-refractivity contribution is -0.141. The minimum atomic E-state index is -3.48. The molecule has 0 radical (unpaired) electrons. The maximum absolute atomic E-state index is 13.0. The quantitative estimate of drug-likeness (QED) is 0.493. The van der Waals surface area contributed by atoms with Gasteiger partial charge in [-0.3, -0.25) is 9.36 Å². The summed E-state index contributed by atoms with van der Waals surface area (Å²) in [4.78, 5) is 22.1. The van der Waals surface area contributed by atoms with Gasteiger partial charge in [-0.05, 0) is 34.2 Å². The second-order valence-corrected chi connectivity index (χ2v) is 9.83. The molecule has 146 valence electrons. The number of carbonyl (C=O) groups is 1. The number of benzene rings is 3. The highest BCUT2D eigenvalue weighted by molar-refractivity contribution is 7.57. The van der Waals surface area contributed by atoms with Crippen molar-refractivity contribution in [3.63, 3.8) is 0 Å². The Labute approximate surface area is 165 Å². The summed E-state index contributed by atoms with van der Waals surface area (Å²) in [7, 11) is -3.48. The first kappa shape index (κ1) is 20.3. The molecule has 3 aromatic rings. The van der Waals surface area contributed by atoms with Crippen LogP contribution in [0.1, 0.15) is 30.4 Å². The molecule has 0 saturated carbocycles.